The Labute approximate surface area is 249 Å². The summed E-state index contributed by atoms with van der Waals surface area (Å²) in [5.74, 6) is 2.40. The van der Waals surface area contributed by atoms with Crippen LogP contribution in [0.5, 0.6) is 11.5 Å². The first-order chi connectivity index (χ1) is 19.9. The summed E-state index contributed by atoms with van der Waals surface area (Å²) in [7, 11) is 4.84. The van der Waals surface area contributed by atoms with Gasteiger partial charge in [0.1, 0.15) is 23.1 Å². The molecule has 3 aromatic rings. The number of carbonyl (C=O) groups is 1. The maximum absolute atomic E-state index is 12.0. The first-order valence-electron chi connectivity index (χ1n) is 13.5. The summed E-state index contributed by atoms with van der Waals surface area (Å²) >= 11 is 13.6. The number of pyridine rings is 2. The van der Waals surface area contributed by atoms with Gasteiger partial charge < -0.3 is 29.2 Å². The molecule has 2 aliphatic rings. The van der Waals surface area contributed by atoms with Crippen molar-refractivity contribution in [2.24, 2.45) is 5.92 Å². The Morgan fingerprint density at radius 2 is 1.83 bits per heavy atom. The fourth-order valence-corrected chi connectivity index (χ4v) is 6.18. The number of hydrogen-bond donors (Lipinski definition) is 1. The smallest absolute Gasteiger partial charge is 0.155 e. The van der Waals surface area contributed by atoms with Crippen LogP contribution in [0.15, 0.2) is 37.1 Å². The highest BCUT2D eigenvalue weighted by atomic mass is 35.5. The van der Waals surface area contributed by atoms with E-state index in [0.29, 0.717) is 58.3 Å². The number of nitrogens with one attached hydrogen (secondary N) is 1. The molecule has 4 heterocycles. The van der Waals surface area contributed by atoms with E-state index in [1.807, 2.05) is 18.3 Å². The number of ether oxygens (including phenoxy) is 4. The van der Waals surface area contributed by atoms with E-state index in [2.05, 4.69) is 16.8 Å². The second-order valence-corrected chi connectivity index (χ2v) is 11.0. The van der Waals surface area contributed by atoms with Gasteiger partial charge in [-0.2, -0.15) is 0 Å². The summed E-state index contributed by atoms with van der Waals surface area (Å²) in [6.45, 7) is 6.16. The van der Waals surface area contributed by atoms with Crippen LogP contribution >= 0.6 is 23.2 Å². The van der Waals surface area contributed by atoms with Crippen molar-refractivity contribution in [1.29, 1.82) is 0 Å². The van der Waals surface area contributed by atoms with E-state index < -0.39 is 0 Å². The van der Waals surface area contributed by atoms with Gasteiger partial charge in [0.25, 0.3) is 0 Å². The SMILES string of the molecule is C=CC(=O)C[C@H]1COC[C@H]1Nc1cc2c(N3CCC(OC)CC3)nc(-c3c(Cl)c(OC)cc(OC)c3Cl)cc2cn1. The number of aromatic nitrogens is 2. The van der Waals surface area contributed by atoms with E-state index in [1.54, 1.807) is 27.4 Å². The van der Waals surface area contributed by atoms with Gasteiger partial charge in [-0.1, -0.05) is 29.8 Å². The third-order valence-corrected chi connectivity index (χ3v) is 8.57. The molecule has 218 valence electrons. The van der Waals surface area contributed by atoms with E-state index >= 15 is 0 Å². The van der Waals surface area contributed by atoms with Gasteiger partial charge in [0.05, 0.1) is 55.3 Å². The Hall–Kier alpha value is -3.11. The van der Waals surface area contributed by atoms with Crippen molar-refractivity contribution in [3.05, 3.63) is 47.1 Å². The number of carbonyl (C=O) groups excluding carboxylic acids is 1. The number of allylic oxidation sites excluding steroid dienone is 1. The van der Waals surface area contributed by atoms with Crippen molar-refractivity contribution >= 4 is 51.4 Å². The summed E-state index contributed by atoms with van der Waals surface area (Å²) in [5.41, 5.74) is 1.11. The fourth-order valence-electron chi connectivity index (χ4n) is 5.48. The van der Waals surface area contributed by atoms with E-state index in [9.17, 15) is 4.79 Å². The minimum Gasteiger partial charge on any atom is -0.495 e. The molecule has 0 spiro atoms. The van der Waals surface area contributed by atoms with Crippen LogP contribution in [0.1, 0.15) is 19.3 Å². The second-order valence-electron chi connectivity index (χ2n) is 10.3. The van der Waals surface area contributed by atoms with Crippen LogP contribution in [-0.4, -0.2) is 75.5 Å². The highest BCUT2D eigenvalue weighted by Crippen LogP contribution is 2.46. The van der Waals surface area contributed by atoms with Crippen molar-refractivity contribution in [2.45, 2.75) is 31.4 Å². The number of fused-ring (bicyclic) bond motifs is 1. The molecule has 0 radical (unpaired) electrons. The van der Waals surface area contributed by atoms with E-state index in [0.717, 1.165) is 42.5 Å². The molecular weight excluding hydrogens is 567 g/mol. The molecule has 0 unspecified atom stereocenters. The summed E-state index contributed by atoms with van der Waals surface area (Å²) in [6.07, 6.45) is 5.53. The number of benzene rings is 1. The number of anilines is 2. The van der Waals surface area contributed by atoms with Gasteiger partial charge in [-0.05, 0) is 31.1 Å². The minimum atomic E-state index is -0.0427. The van der Waals surface area contributed by atoms with Crippen molar-refractivity contribution < 1.29 is 23.7 Å². The average molecular weight is 602 g/mol. The van der Waals surface area contributed by atoms with Gasteiger partial charge in [-0.25, -0.2) is 9.97 Å². The van der Waals surface area contributed by atoms with Gasteiger partial charge in [-0.15, -0.1) is 0 Å². The molecule has 0 amide bonds. The number of methoxy groups -OCH3 is 3. The molecule has 1 aromatic carbocycles. The van der Waals surface area contributed by atoms with E-state index in [4.69, 9.17) is 52.1 Å². The molecule has 5 rings (SSSR count). The summed E-state index contributed by atoms with van der Waals surface area (Å²) in [5, 5.41) is 5.99. The topological polar surface area (TPSA) is 95.0 Å². The zero-order valence-electron chi connectivity index (χ0n) is 23.4. The molecule has 2 aromatic heterocycles. The third kappa shape index (κ3) is 6.09. The predicted octanol–water partition coefficient (Wildman–Crippen LogP) is 5.81. The van der Waals surface area contributed by atoms with E-state index in [-0.39, 0.29) is 23.8 Å². The molecule has 1 N–H and O–H groups in total. The number of hydrogen-bond acceptors (Lipinski definition) is 9. The first kappa shape index (κ1) is 29.4. The molecule has 0 saturated carbocycles. The van der Waals surface area contributed by atoms with Crippen molar-refractivity contribution in [3.63, 3.8) is 0 Å². The Morgan fingerprint density at radius 1 is 1.12 bits per heavy atom. The largest absolute Gasteiger partial charge is 0.495 e. The predicted molar refractivity (Wildman–Crippen MR) is 162 cm³/mol. The highest BCUT2D eigenvalue weighted by molar-refractivity contribution is 6.41. The van der Waals surface area contributed by atoms with Crippen molar-refractivity contribution in [1.82, 2.24) is 9.97 Å². The molecule has 11 heteroatoms. The molecule has 0 aliphatic carbocycles. The number of nitrogens with zero attached hydrogens (tertiary/aromatic N) is 3. The van der Waals surface area contributed by atoms with Crippen LogP contribution < -0.4 is 19.7 Å². The van der Waals surface area contributed by atoms with Crippen LogP contribution in [0.4, 0.5) is 11.6 Å². The van der Waals surface area contributed by atoms with Crippen molar-refractivity contribution in [3.8, 4) is 22.8 Å². The van der Waals surface area contributed by atoms with Crippen LogP contribution in [0.3, 0.4) is 0 Å². The Bertz CT molecular complexity index is 1420. The standard InChI is InChI=1S/C30H34Cl2N4O5/c1-5-19(37)10-18-15-41-16-23(18)34-26-12-21-17(14-33-26)11-22(35-30(21)36-8-6-20(38-2)7-9-36)27-28(31)24(39-3)13-25(40-4)29(27)32/h5,11-14,18,20,23H,1,6-10,15-16H2,2-4H3,(H,33,34)/t18-,23+/m0/s1. The first-order valence-corrected chi connectivity index (χ1v) is 14.3. The highest BCUT2D eigenvalue weighted by Gasteiger charge is 2.30. The number of ketones is 1. The Morgan fingerprint density at radius 3 is 2.46 bits per heavy atom. The monoisotopic (exact) mass is 600 g/mol. The zero-order chi connectivity index (χ0) is 29.1. The average Bonchev–Trinajstić information content (AvgIpc) is 3.43. The van der Waals surface area contributed by atoms with Gasteiger partial charge in [-0.3, -0.25) is 4.79 Å². The van der Waals surface area contributed by atoms with Crippen LogP contribution in [-0.2, 0) is 14.3 Å². The lowest BCUT2D eigenvalue weighted by Crippen LogP contribution is -2.37. The molecule has 9 nitrogen and oxygen atoms in total. The Balaban J connectivity index is 1.58. The van der Waals surface area contributed by atoms with Gasteiger partial charge in [0, 0.05) is 61.1 Å². The lowest BCUT2D eigenvalue weighted by Gasteiger charge is -2.33. The molecule has 2 aliphatic heterocycles. The molecular formula is C30H34Cl2N4O5. The van der Waals surface area contributed by atoms with Gasteiger partial charge in [0.15, 0.2) is 5.78 Å². The summed E-state index contributed by atoms with van der Waals surface area (Å²) in [6, 6.07) is 5.55. The molecule has 41 heavy (non-hydrogen) atoms. The third-order valence-electron chi connectivity index (χ3n) is 7.82. The summed E-state index contributed by atoms with van der Waals surface area (Å²) in [4.78, 5) is 24.1. The van der Waals surface area contributed by atoms with E-state index in [1.165, 1.54) is 6.08 Å². The lowest BCUT2D eigenvalue weighted by atomic mass is 9.97. The molecule has 0 bridgehead atoms. The summed E-state index contributed by atoms with van der Waals surface area (Å²) < 4.78 is 22.3. The number of piperidine rings is 1. The van der Waals surface area contributed by atoms with Crippen LogP contribution in [0, 0.1) is 5.92 Å². The fraction of sp³-hybridized carbons (Fsp3) is 0.433. The van der Waals surface area contributed by atoms with Gasteiger partial charge >= 0.3 is 0 Å². The lowest BCUT2D eigenvalue weighted by molar-refractivity contribution is -0.115. The Kier molecular flexibility index (Phi) is 9.19. The number of halogens is 2. The maximum atomic E-state index is 12.0. The minimum absolute atomic E-state index is 0.00347. The molecule has 2 saturated heterocycles. The normalized spacial score (nSPS) is 19.4. The van der Waals surface area contributed by atoms with Crippen molar-refractivity contribution in [2.75, 3.05) is 57.8 Å². The zero-order valence-corrected chi connectivity index (χ0v) is 24.9. The molecule has 2 atom stereocenters. The quantitative estimate of drug-likeness (QED) is 0.289. The molecule has 2 fully saturated rings. The van der Waals surface area contributed by atoms with Gasteiger partial charge in [0.2, 0.25) is 0 Å². The second kappa shape index (κ2) is 12.8. The van der Waals surface area contributed by atoms with Crippen LogP contribution in [0.2, 0.25) is 10.0 Å². The van der Waals surface area contributed by atoms with Crippen LogP contribution in [0.25, 0.3) is 22.0 Å². The number of rotatable bonds is 10. The maximum Gasteiger partial charge on any atom is 0.155 e.